The van der Waals surface area contributed by atoms with Gasteiger partial charge < -0.3 is 14.6 Å². The van der Waals surface area contributed by atoms with E-state index in [1.165, 1.54) is 0 Å². The molecule has 2 aromatic rings. The first-order valence-corrected chi connectivity index (χ1v) is 5.86. The number of aliphatic hydroxyl groups excluding tert-OH is 1. The molecule has 1 heterocycles. The minimum atomic E-state index is -0.649. The van der Waals surface area contributed by atoms with Crippen LogP contribution >= 0.6 is 0 Å². The van der Waals surface area contributed by atoms with Crippen molar-refractivity contribution in [3.05, 3.63) is 59.2 Å². The number of hydrogen-bond donors (Lipinski definition) is 1. The molecular weight excluding hydrogens is 228 g/mol. The number of ether oxygens (including phenoxy) is 2. The highest BCUT2D eigenvalue weighted by Crippen LogP contribution is 2.37. The highest BCUT2D eigenvalue weighted by molar-refractivity contribution is 5.48. The monoisotopic (exact) mass is 242 g/mol. The largest absolute Gasteiger partial charge is 0.497 e. The molecular formula is C15H14O3. The molecule has 0 radical (unpaired) electrons. The van der Waals surface area contributed by atoms with E-state index < -0.39 is 6.10 Å². The Balaban J connectivity index is 2.11. The normalized spacial score (nSPS) is 17.1. The van der Waals surface area contributed by atoms with Crippen LogP contribution in [0.2, 0.25) is 0 Å². The number of fused-ring (bicyclic) bond motifs is 2. The molecule has 0 fully saturated rings. The van der Waals surface area contributed by atoms with E-state index in [1.807, 2.05) is 42.5 Å². The number of methoxy groups -OCH3 is 1. The van der Waals surface area contributed by atoms with E-state index in [0.717, 1.165) is 22.4 Å². The number of benzene rings is 2. The summed E-state index contributed by atoms with van der Waals surface area (Å²) in [5.74, 6) is 1.41. The Morgan fingerprint density at radius 2 is 2.00 bits per heavy atom. The molecule has 0 amide bonds. The van der Waals surface area contributed by atoms with Gasteiger partial charge in [-0.25, -0.2) is 0 Å². The third-order valence-corrected chi connectivity index (χ3v) is 3.25. The average molecular weight is 242 g/mol. The van der Waals surface area contributed by atoms with Gasteiger partial charge in [-0.3, -0.25) is 0 Å². The van der Waals surface area contributed by atoms with Crippen LogP contribution in [0.4, 0.5) is 0 Å². The van der Waals surface area contributed by atoms with Crippen molar-refractivity contribution in [2.24, 2.45) is 0 Å². The van der Waals surface area contributed by atoms with Crippen molar-refractivity contribution < 1.29 is 14.6 Å². The van der Waals surface area contributed by atoms with E-state index >= 15 is 0 Å². The number of aliphatic hydroxyl groups is 1. The second kappa shape index (κ2) is 4.35. The third kappa shape index (κ3) is 1.73. The predicted octanol–water partition coefficient (Wildman–Crippen LogP) is 2.67. The van der Waals surface area contributed by atoms with Gasteiger partial charge in [-0.1, -0.05) is 24.3 Å². The summed E-state index contributed by atoms with van der Waals surface area (Å²) in [7, 11) is 1.61. The van der Waals surface area contributed by atoms with Crippen molar-refractivity contribution in [1.82, 2.24) is 0 Å². The number of hydrogen-bond acceptors (Lipinski definition) is 3. The smallest absolute Gasteiger partial charge is 0.129 e. The second-order valence-electron chi connectivity index (χ2n) is 4.29. The lowest BCUT2D eigenvalue weighted by molar-refractivity contribution is 0.218. The fourth-order valence-electron chi connectivity index (χ4n) is 2.25. The molecule has 0 saturated carbocycles. The van der Waals surface area contributed by atoms with Crippen LogP contribution < -0.4 is 9.47 Å². The second-order valence-corrected chi connectivity index (χ2v) is 4.29. The van der Waals surface area contributed by atoms with Crippen molar-refractivity contribution >= 4 is 0 Å². The SMILES string of the molecule is COc1ccc2c(c1)OCc1ccccc1C2O. The van der Waals surface area contributed by atoms with Gasteiger partial charge >= 0.3 is 0 Å². The van der Waals surface area contributed by atoms with E-state index in [4.69, 9.17) is 9.47 Å². The van der Waals surface area contributed by atoms with E-state index in [2.05, 4.69) is 0 Å². The molecule has 0 saturated heterocycles. The van der Waals surface area contributed by atoms with Gasteiger partial charge in [0.25, 0.3) is 0 Å². The minimum absolute atomic E-state index is 0.466. The third-order valence-electron chi connectivity index (χ3n) is 3.25. The van der Waals surface area contributed by atoms with Crippen molar-refractivity contribution in [3.63, 3.8) is 0 Å². The zero-order valence-electron chi connectivity index (χ0n) is 10.1. The van der Waals surface area contributed by atoms with Crippen molar-refractivity contribution in [3.8, 4) is 11.5 Å². The van der Waals surface area contributed by atoms with E-state index in [9.17, 15) is 5.11 Å². The van der Waals surface area contributed by atoms with Crippen LogP contribution in [0.25, 0.3) is 0 Å². The molecule has 0 bridgehead atoms. The Kier molecular flexibility index (Phi) is 2.68. The average Bonchev–Trinajstić information content (AvgIpc) is 2.57. The maximum Gasteiger partial charge on any atom is 0.129 e. The van der Waals surface area contributed by atoms with Gasteiger partial charge in [0.1, 0.15) is 24.2 Å². The van der Waals surface area contributed by atoms with Gasteiger partial charge in [0.05, 0.1) is 7.11 Å². The van der Waals surface area contributed by atoms with Gasteiger partial charge in [0.2, 0.25) is 0 Å². The molecule has 2 aromatic carbocycles. The molecule has 1 aliphatic rings. The first kappa shape index (κ1) is 11.1. The molecule has 3 nitrogen and oxygen atoms in total. The Bertz CT molecular complexity index is 578. The van der Waals surface area contributed by atoms with Gasteiger partial charge in [-0.05, 0) is 23.3 Å². The standard InChI is InChI=1S/C15H14O3/c1-17-11-6-7-13-14(8-11)18-9-10-4-2-3-5-12(10)15(13)16/h2-8,15-16H,9H2,1H3. The predicted molar refractivity (Wildman–Crippen MR) is 67.8 cm³/mol. The van der Waals surface area contributed by atoms with Crippen LogP contribution in [-0.2, 0) is 6.61 Å². The van der Waals surface area contributed by atoms with Crippen LogP contribution in [0.1, 0.15) is 22.8 Å². The zero-order valence-corrected chi connectivity index (χ0v) is 10.1. The van der Waals surface area contributed by atoms with Gasteiger partial charge in [-0.2, -0.15) is 0 Å². The molecule has 92 valence electrons. The Morgan fingerprint density at radius 3 is 2.83 bits per heavy atom. The highest BCUT2D eigenvalue weighted by atomic mass is 16.5. The van der Waals surface area contributed by atoms with Gasteiger partial charge in [0, 0.05) is 11.6 Å². The lowest BCUT2D eigenvalue weighted by Gasteiger charge is -2.13. The van der Waals surface area contributed by atoms with Crippen LogP contribution in [0, 0.1) is 0 Å². The molecule has 1 N–H and O–H groups in total. The summed E-state index contributed by atoms with van der Waals surface area (Å²) in [4.78, 5) is 0. The molecule has 1 atom stereocenters. The first-order chi connectivity index (χ1) is 8.79. The first-order valence-electron chi connectivity index (χ1n) is 5.86. The van der Waals surface area contributed by atoms with Crippen molar-refractivity contribution in [1.29, 1.82) is 0 Å². The van der Waals surface area contributed by atoms with Crippen molar-refractivity contribution in [2.45, 2.75) is 12.7 Å². The molecule has 0 spiro atoms. The zero-order chi connectivity index (χ0) is 12.5. The molecule has 0 aromatic heterocycles. The molecule has 3 heteroatoms. The van der Waals surface area contributed by atoms with E-state index in [1.54, 1.807) is 7.11 Å². The summed E-state index contributed by atoms with van der Waals surface area (Å²) in [6.45, 7) is 0.466. The van der Waals surface area contributed by atoms with Gasteiger partial charge in [0.15, 0.2) is 0 Å². The van der Waals surface area contributed by atoms with Gasteiger partial charge in [-0.15, -0.1) is 0 Å². The fraction of sp³-hybridized carbons (Fsp3) is 0.200. The summed E-state index contributed by atoms with van der Waals surface area (Å²) >= 11 is 0. The van der Waals surface area contributed by atoms with E-state index in [-0.39, 0.29) is 0 Å². The Labute approximate surface area is 106 Å². The summed E-state index contributed by atoms with van der Waals surface area (Å²) in [5.41, 5.74) is 2.70. The lowest BCUT2D eigenvalue weighted by Crippen LogP contribution is -2.00. The summed E-state index contributed by atoms with van der Waals surface area (Å²) in [5, 5.41) is 10.4. The maximum atomic E-state index is 10.4. The van der Waals surface area contributed by atoms with Crippen LogP contribution in [0.3, 0.4) is 0 Å². The van der Waals surface area contributed by atoms with Crippen LogP contribution in [-0.4, -0.2) is 12.2 Å². The minimum Gasteiger partial charge on any atom is -0.497 e. The maximum absolute atomic E-state index is 10.4. The molecule has 1 aliphatic heterocycles. The van der Waals surface area contributed by atoms with E-state index in [0.29, 0.717) is 12.4 Å². The topological polar surface area (TPSA) is 38.7 Å². The Morgan fingerprint density at radius 1 is 1.17 bits per heavy atom. The Hall–Kier alpha value is -2.00. The van der Waals surface area contributed by atoms with Crippen molar-refractivity contribution in [2.75, 3.05) is 7.11 Å². The number of rotatable bonds is 1. The summed E-state index contributed by atoms with van der Waals surface area (Å²) < 4.78 is 10.9. The van der Waals surface area contributed by atoms with Crippen LogP contribution in [0.5, 0.6) is 11.5 Å². The lowest BCUT2D eigenvalue weighted by atomic mass is 9.97. The fourth-order valence-corrected chi connectivity index (χ4v) is 2.25. The molecule has 1 unspecified atom stereocenters. The summed E-state index contributed by atoms with van der Waals surface area (Å²) in [6, 6.07) is 13.3. The quantitative estimate of drug-likeness (QED) is 0.835. The molecule has 18 heavy (non-hydrogen) atoms. The molecule has 3 rings (SSSR count). The summed E-state index contributed by atoms with van der Waals surface area (Å²) in [6.07, 6.45) is -0.649. The highest BCUT2D eigenvalue weighted by Gasteiger charge is 2.22. The van der Waals surface area contributed by atoms with Crippen LogP contribution in [0.15, 0.2) is 42.5 Å². The molecule has 0 aliphatic carbocycles.